The normalized spacial score (nSPS) is 12.1. The lowest BCUT2D eigenvalue weighted by Crippen LogP contribution is -1.98. The second-order valence-electron chi connectivity index (χ2n) is 5.03. The molecule has 23 heavy (non-hydrogen) atoms. The van der Waals surface area contributed by atoms with Crippen molar-refractivity contribution in [2.45, 2.75) is 11.5 Å². The molecule has 3 rings (SSSR count). The van der Waals surface area contributed by atoms with Gasteiger partial charge in [-0.15, -0.1) is 0 Å². The van der Waals surface area contributed by atoms with Gasteiger partial charge in [-0.3, -0.25) is 0 Å². The molecule has 118 valence electrons. The van der Waals surface area contributed by atoms with E-state index in [1.807, 2.05) is 48.5 Å². The van der Waals surface area contributed by atoms with Crippen LogP contribution in [0.4, 0.5) is 5.69 Å². The van der Waals surface area contributed by atoms with Crippen LogP contribution < -0.4 is 10.5 Å². The summed E-state index contributed by atoms with van der Waals surface area (Å²) in [6.07, 6.45) is 3.07. The smallest absolute Gasteiger partial charge is 0.152 e. The molecule has 1 unspecified atom stereocenters. The zero-order valence-corrected chi connectivity index (χ0v) is 13.4. The summed E-state index contributed by atoms with van der Waals surface area (Å²) in [5.74, 6) is 0.740. The Labute approximate surface area is 137 Å². The van der Waals surface area contributed by atoms with Crippen molar-refractivity contribution in [1.29, 1.82) is 0 Å². The SMILES string of the molecule is C[S+]([O-])c1ccc(OCc2ccc(-c3nocc3N)cc2)cc1. The molecule has 3 aromatic rings. The van der Waals surface area contributed by atoms with E-state index in [2.05, 4.69) is 5.16 Å². The van der Waals surface area contributed by atoms with E-state index in [1.165, 1.54) is 6.26 Å². The van der Waals surface area contributed by atoms with E-state index < -0.39 is 11.2 Å². The first-order valence-electron chi connectivity index (χ1n) is 6.99. The number of rotatable bonds is 5. The van der Waals surface area contributed by atoms with Crippen LogP contribution in [-0.2, 0) is 17.8 Å². The van der Waals surface area contributed by atoms with Crippen LogP contribution >= 0.6 is 0 Å². The quantitative estimate of drug-likeness (QED) is 0.727. The van der Waals surface area contributed by atoms with Gasteiger partial charge in [0, 0.05) is 5.56 Å². The molecular weight excluding hydrogens is 312 g/mol. The van der Waals surface area contributed by atoms with Gasteiger partial charge in [0.15, 0.2) is 4.90 Å². The maximum atomic E-state index is 11.3. The maximum Gasteiger partial charge on any atom is 0.152 e. The van der Waals surface area contributed by atoms with Crippen LogP contribution in [0.15, 0.2) is 64.2 Å². The van der Waals surface area contributed by atoms with E-state index >= 15 is 0 Å². The Hall–Kier alpha value is -2.44. The molecule has 0 aliphatic carbocycles. The third kappa shape index (κ3) is 3.67. The molecule has 6 heteroatoms. The Morgan fingerprint density at radius 2 is 1.83 bits per heavy atom. The molecule has 2 N–H and O–H groups in total. The zero-order chi connectivity index (χ0) is 16.2. The summed E-state index contributed by atoms with van der Waals surface area (Å²) in [4.78, 5) is 0.784. The molecular formula is C17H16N2O3S. The molecule has 0 fully saturated rings. The number of aromatic nitrogens is 1. The lowest BCUT2D eigenvalue weighted by molar-refractivity contribution is 0.306. The van der Waals surface area contributed by atoms with Gasteiger partial charge in [0.2, 0.25) is 0 Å². The number of benzene rings is 2. The van der Waals surface area contributed by atoms with Crippen LogP contribution in [0.25, 0.3) is 11.3 Å². The van der Waals surface area contributed by atoms with E-state index in [0.717, 1.165) is 21.8 Å². The highest BCUT2D eigenvalue weighted by Crippen LogP contribution is 2.24. The van der Waals surface area contributed by atoms with Gasteiger partial charge < -0.3 is 19.5 Å². The van der Waals surface area contributed by atoms with E-state index in [0.29, 0.717) is 18.0 Å². The molecule has 1 atom stereocenters. The maximum absolute atomic E-state index is 11.3. The molecule has 1 aromatic heterocycles. The highest BCUT2D eigenvalue weighted by Gasteiger charge is 2.07. The minimum Gasteiger partial charge on any atom is -0.612 e. The fourth-order valence-electron chi connectivity index (χ4n) is 2.12. The van der Waals surface area contributed by atoms with Crippen molar-refractivity contribution in [1.82, 2.24) is 5.16 Å². The molecule has 0 aliphatic heterocycles. The van der Waals surface area contributed by atoms with Crippen LogP contribution in [-0.4, -0.2) is 16.0 Å². The fraction of sp³-hybridized carbons (Fsp3) is 0.118. The second-order valence-corrected chi connectivity index (χ2v) is 6.41. The lowest BCUT2D eigenvalue weighted by Gasteiger charge is -2.08. The molecule has 0 bridgehead atoms. The molecule has 0 saturated carbocycles. The fourth-order valence-corrected chi connectivity index (χ4v) is 2.64. The van der Waals surface area contributed by atoms with E-state index in [-0.39, 0.29) is 0 Å². The summed E-state index contributed by atoms with van der Waals surface area (Å²) >= 11 is -0.976. The second kappa shape index (κ2) is 6.76. The highest BCUT2D eigenvalue weighted by molar-refractivity contribution is 7.90. The number of hydrogen-bond donors (Lipinski definition) is 1. The Morgan fingerprint density at radius 3 is 2.39 bits per heavy atom. The van der Waals surface area contributed by atoms with Crippen molar-refractivity contribution in [3.8, 4) is 17.0 Å². The highest BCUT2D eigenvalue weighted by atomic mass is 32.2. The largest absolute Gasteiger partial charge is 0.612 e. The molecule has 0 radical (unpaired) electrons. The third-order valence-corrected chi connectivity index (χ3v) is 4.32. The van der Waals surface area contributed by atoms with Crippen molar-refractivity contribution in [3.05, 3.63) is 60.4 Å². The van der Waals surface area contributed by atoms with E-state index in [4.69, 9.17) is 15.0 Å². The Balaban J connectivity index is 1.63. The van der Waals surface area contributed by atoms with Crippen LogP contribution in [0.5, 0.6) is 5.75 Å². The van der Waals surface area contributed by atoms with Gasteiger partial charge in [0.25, 0.3) is 0 Å². The number of nitrogens with two attached hydrogens (primary N) is 1. The molecule has 2 aromatic carbocycles. The Bertz CT molecular complexity index is 767. The van der Waals surface area contributed by atoms with E-state index in [9.17, 15) is 4.55 Å². The van der Waals surface area contributed by atoms with E-state index in [1.54, 1.807) is 6.26 Å². The number of hydrogen-bond acceptors (Lipinski definition) is 5. The molecule has 0 saturated heterocycles. The third-order valence-electron chi connectivity index (χ3n) is 3.39. The predicted molar refractivity (Wildman–Crippen MR) is 89.5 cm³/mol. The summed E-state index contributed by atoms with van der Waals surface area (Å²) in [5.41, 5.74) is 8.86. The standard InChI is InChI=1S/C17H16N2O3S/c1-23(20)15-8-6-14(7-9-15)21-10-12-2-4-13(5-3-12)17-16(18)11-22-19-17/h2-9,11H,10,18H2,1H3. The monoisotopic (exact) mass is 328 g/mol. The summed E-state index contributed by atoms with van der Waals surface area (Å²) in [5, 5.41) is 3.88. The van der Waals surface area contributed by atoms with Crippen LogP contribution in [0.2, 0.25) is 0 Å². The van der Waals surface area contributed by atoms with Crippen molar-refractivity contribution in [2.75, 3.05) is 12.0 Å². The summed E-state index contributed by atoms with van der Waals surface area (Å²) < 4.78 is 21.9. The molecule has 1 heterocycles. The van der Waals surface area contributed by atoms with Gasteiger partial charge in [-0.05, 0) is 41.0 Å². The number of ether oxygens (including phenoxy) is 1. The minimum absolute atomic E-state index is 0.448. The number of anilines is 1. The van der Waals surface area contributed by atoms with Crippen molar-refractivity contribution >= 4 is 16.9 Å². The number of nitrogen functional groups attached to an aromatic ring is 1. The van der Waals surface area contributed by atoms with Gasteiger partial charge >= 0.3 is 0 Å². The van der Waals surface area contributed by atoms with Gasteiger partial charge in [0.05, 0.1) is 0 Å². The molecule has 5 nitrogen and oxygen atoms in total. The first kappa shape index (κ1) is 15.5. The Kier molecular flexibility index (Phi) is 4.55. The van der Waals surface area contributed by atoms with Crippen molar-refractivity contribution in [3.63, 3.8) is 0 Å². The Morgan fingerprint density at radius 1 is 1.13 bits per heavy atom. The van der Waals surface area contributed by atoms with Gasteiger partial charge in [-0.25, -0.2) is 0 Å². The number of nitrogens with zero attached hydrogens (tertiary/aromatic N) is 1. The topological polar surface area (TPSA) is 84.3 Å². The lowest BCUT2D eigenvalue weighted by atomic mass is 10.1. The molecule has 0 amide bonds. The minimum atomic E-state index is -0.976. The van der Waals surface area contributed by atoms with Crippen LogP contribution in [0, 0.1) is 0 Å². The zero-order valence-electron chi connectivity index (χ0n) is 12.6. The first-order valence-corrected chi connectivity index (χ1v) is 8.55. The summed E-state index contributed by atoms with van der Waals surface area (Å²) in [7, 11) is 0. The average Bonchev–Trinajstić information content (AvgIpc) is 3.00. The predicted octanol–water partition coefficient (Wildman–Crippen LogP) is 3.24. The van der Waals surface area contributed by atoms with Crippen molar-refractivity contribution in [2.24, 2.45) is 0 Å². The summed E-state index contributed by atoms with van der Waals surface area (Å²) in [6.45, 7) is 0.448. The molecule has 0 aliphatic rings. The van der Waals surface area contributed by atoms with Gasteiger partial charge in [-0.1, -0.05) is 29.4 Å². The van der Waals surface area contributed by atoms with Gasteiger partial charge in [-0.2, -0.15) is 0 Å². The van der Waals surface area contributed by atoms with Crippen LogP contribution in [0.1, 0.15) is 5.56 Å². The van der Waals surface area contributed by atoms with Crippen molar-refractivity contribution < 1.29 is 13.8 Å². The van der Waals surface area contributed by atoms with Crippen LogP contribution in [0.3, 0.4) is 0 Å². The summed E-state index contributed by atoms with van der Waals surface area (Å²) in [6, 6.07) is 15.0. The first-order chi connectivity index (χ1) is 11.1. The molecule has 0 spiro atoms. The van der Waals surface area contributed by atoms with Gasteiger partial charge in [0.1, 0.15) is 36.3 Å². The average molecular weight is 328 g/mol.